The van der Waals surface area contributed by atoms with Gasteiger partial charge in [0.05, 0.1) is 0 Å². The van der Waals surface area contributed by atoms with Gasteiger partial charge in [0, 0.05) is 0 Å². The van der Waals surface area contributed by atoms with E-state index < -0.39 is 12.3 Å². The molecule has 0 fully saturated rings. The summed E-state index contributed by atoms with van der Waals surface area (Å²) in [5, 5.41) is 2.09. The van der Waals surface area contributed by atoms with E-state index in [1.807, 2.05) is 72.8 Å². The van der Waals surface area contributed by atoms with Gasteiger partial charge in [-0.2, -0.15) is 0 Å². The van der Waals surface area contributed by atoms with Crippen molar-refractivity contribution in [3.8, 4) is 0 Å². The van der Waals surface area contributed by atoms with Gasteiger partial charge in [-0.05, 0) is 0 Å². The normalized spacial score (nSPS) is 11.5. The van der Waals surface area contributed by atoms with Gasteiger partial charge in [0.25, 0.3) is 0 Å². The predicted molar refractivity (Wildman–Crippen MR) is 105 cm³/mol. The molecule has 0 radical (unpaired) electrons. The molecule has 3 aromatic carbocycles. The average molecular weight is 443 g/mol. The molecule has 0 aliphatic rings. The molecule has 3 aromatic rings. The Hall–Kier alpha value is -0.637. The van der Waals surface area contributed by atoms with E-state index >= 15 is 0 Å². The molecule has 0 N–H and O–H groups in total. The minimum absolute atomic E-state index is 0.697. The molecule has 0 heterocycles. The first-order valence-corrected chi connectivity index (χ1v) is 14.0. The van der Waals surface area contributed by atoms with Gasteiger partial charge in [-0.25, -0.2) is 0 Å². The molecule has 0 amide bonds. The molecule has 5 heteroatoms. The van der Waals surface area contributed by atoms with Crippen LogP contribution in [0.15, 0.2) is 72.8 Å². The zero-order valence-corrected chi connectivity index (χ0v) is 17.1. The first kappa shape index (κ1) is 17.2. The maximum atomic E-state index is 7.33. The van der Waals surface area contributed by atoms with E-state index in [0.29, 0.717) is 15.1 Å². The topological polar surface area (TPSA) is 0 Å². The van der Waals surface area contributed by atoms with Crippen LogP contribution in [0.5, 0.6) is 0 Å². The third-order valence-electron chi connectivity index (χ3n) is 3.73. The summed E-state index contributed by atoms with van der Waals surface area (Å²) in [6.45, 7) is 0. The second kappa shape index (κ2) is 7.08. The molecule has 0 nitrogen and oxygen atoms in total. The van der Waals surface area contributed by atoms with Crippen LogP contribution in [0.4, 0.5) is 0 Å². The molecule has 0 aliphatic heterocycles. The Kier molecular flexibility index (Phi) is 5.30. The zero-order valence-electron chi connectivity index (χ0n) is 11.9. The number of hydrogen-bond acceptors (Lipinski definition) is 0. The molecule has 0 saturated heterocycles. The van der Waals surface area contributed by atoms with Gasteiger partial charge in [-0.1, -0.05) is 0 Å². The molecule has 0 unspecified atom stereocenters. The van der Waals surface area contributed by atoms with Crippen LogP contribution in [0.3, 0.4) is 0 Å². The van der Waals surface area contributed by atoms with Crippen LogP contribution in [0.25, 0.3) is 0 Å². The van der Waals surface area contributed by atoms with Crippen molar-refractivity contribution in [3.63, 3.8) is 0 Å². The van der Waals surface area contributed by atoms with Crippen LogP contribution >= 0.6 is 44.8 Å². The SMILES string of the molecule is Clc1cc[c]([Ge]([Cl])([c]2ccc(Cl)cc2)[c]2ccc(Cl)cc2)cc1. The summed E-state index contributed by atoms with van der Waals surface area (Å²) in [6, 6.07) is 23.4. The summed E-state index contributed by atoms with van der Waals surface area (Å²) in [5.41, 5.74) is 0. The van der Waals surface area contributed by atoms with Gasteiger partial charge < -0.3 is 0 Å². The van der Waals surface area contributed by atoms with Crippen LogP contribution in [-0.2, 0) is 0 Å². The predicted octanol–water partition coefficient (Wildman–Crippen LogP) is 4.85. The van der Waals surface area contributed by atoms with Crippen molar-refractivity contribution in [2.45, 2.75) is 0 Å². The molecule has 0 atom stereocenters. The number of halogens is 4. The second-order valence-electron chi connectivity index (χ2n) is 5.18. The molecular weight excluding hydrogens is 431 g/mol. The quantitative estimate of drug-likeness (QED) is 0.509. The summed E-state index contributed by atoms with van der Waals surface area (Å²) in [6.07, 6.45) is 0. The van der Waals surface area contributed by atoms with Gasteiger partial charge in [0.1, 0.15) is 0 Å². The van der Waals surface area contributed by atoms with Crippen molar-refractivity contribution in [3.05, 3.63) is 87.9 Å². The summed E-state index contributed by atoms with van der Waals surface area (Å²) >= 11 is 14.8. The Balaban J connectivity index is 2.21. The van der Waals surface area contributed by atoms with Crippen molar-refractivity contribution >= 4 is 70.3 Å². The summed E-state index contributed by atoms with van der Waals surface area (Å²) in [4.78, 5) is 0. The van der Waals surface area contributed by atoms with E-state index in [4.69, 9.17) is 44.8 Å². The standard InChI is InChI=1S/C18H12Cl4Ge/c19-13-1-7-16(8-2-13)23(22,17-9-3-14(20)4-10-17)18-11-5-15(21)6-12-18/h1-12H. The first-order valence-electron chi connectivity index (χ1n) is 6.97. The van der Waals surface area contributed by atoms with Crippen molar-refractivity contribution in [2.75, 3.05) is 0 Å². The Bertz CT molecular complexity index is 685. The number of hydrogen-bond donors (Lipinski definition) is 0. The van der Waals surface area contributed by atoms with Crippen molar-refractivity contribution in [2.24, 2.45) is 0 Å². The Morgan fingerprint density at radius 3 is 0.870 bits per heavy atom. The van der Waals surface area contributed by atoms with Gasteiger partial charge >= 0.3 is 158 Å². The van der Waals surface area contributed by atoms with Gasteiger partial charge in [0.15, 0.2) is 0 Å². The summed E-state index contributed by atoms with van der Waals surface area (Å²) < 4.78 is 3.34. The van der Waals surface area contributed by atoms with E-state index in [1.54, 1.807) is 0 Å². The third kappa shape index (κ3) is 3.57. The summed E-state index contributed by atoms with van der Waals surface area (Å²) in [7, 11) is 7.33. The van der Waals surface area contributed by atoms with E-state index in [-0.39, 0.29) is 0 Å². The van der Waals surface area contributed by atoms with Gasteiger partial charge in [-0.3, -0.25) is 0 Å². The van der Waals surface area contributed by atoms with Crippen LogP contribution < -0.4 is 13.2 Å². The Labute approximate surface area is 157 Å². The fourth-order valence-electron chi connectivity index (χ4n) is 2.54. The van der Waals surface area contributed by atoms with Gasteiger partial charge in [-0.15, -0.1) is 0 Å². The van der Waals surface area contributed by atoms with E-state index in [2.05, 4.69) is 0 Å². The van der Waals surface area contributed by atoms with Crippen molar-refractivity contribution < 1.29 is 0 Å². The van der Waals surface area contributed by atoms with Crippen molar-refractivity contribution in [1.29, 1.82) is 0 Å². The molecule has 0 spiro atoms. The van der Waals surface area contributed by atoms with E-state index in [0.717, 1.165) is 13.2 Å². The first-order chi connectivity index (χ1) is 11.0. The third-order valence-corrected chi connectivity index (χ3v) is 15.0. The van der Waals surface area contributed by atoms with Gasteiger partial charge in [0.2, 0.25) is 0 Å². The fraction of sp³-hybridized carbons (Fsp3) is 0. The molecule has 3 rings (SSSR count). The zero-order chi connectivity index (χ0) is 16.4. The monoisotopic (exact) mass is 442 g/mol. The molecule has 0 aliphatic carbocycles. The second-order valence-corrected chi connectivity index (χ2v) is 15.8. The van der Waals surface area contributed by atoms with Crippen LogP contribution in [-0.4, -0.2) is 12.3 Å². The molecule has 116 valence electrons. The number of benzene rings is 3. The molecule has 0 saturated carbocycles. The minimum atomic E-state index is -3.28. The van der Waals surface area contributed by atoms with Crippen LogP contribution in [0.1, 0.15) is 0 Å². The fourth-order valence-corrected chi connectivity index (χ4v) is 10.9. The average Bonchev–Trinajstić information content (AvgIpc) is 2.56. The van der Waals surface area contributed by atoms with Crippen LogP contribution in [0, 0.1) is 0 Å². The van der Waals surface area contributed by atoms with E-state index in [1.165, 1.54) is 0 Å². The van der Waals surface area contributed by atoms with E-state index in [9.17, 15) is 0 Å². The molecule has 0 bridgehead atoms. The van der Waals surface area contributed by atoms with Crippen LogP contribution in [0.2, 0.25) is 15.1 Å². The van der Waals surface area contributed by atoms with Crippen molar-refractivity contribution in [1.82, 2.24) is 0 Å². The Morgan fingerprint density at radius 2 is 0.652 bits per heavy atom. The molecule has 0 aromatic heterocycles. The Morgan fingerprint density at radius 1 is 0.435 bits per heavy atom. The summed E-state index contributed by atoms with van der Waals surface area (Å²) in [5.74, 6) is 0. The maximum absolute atomic E-state index is 7.33. The molecular formula is C18H12Cl4Ge. The number of rotatable bonds is 3. The molecule has 23 heavy (non-hydrogen) atoms.